The molecule has 0 atom stereocenters. The van der Waals surface area contributed by atoms with E-state index in [1.54, 1.807) is 24.5 Å². The van der Waals surface area contributed by atoms with Crippen molar-refractivity contribution in [1.82, 2.24) is 4.98 Å². The number of aryl methyl sites for hydroxylation is 2. The van der Waals surface area contributed by atoms with E-state index in [1.165, 1.54) is 4.31 Å². The summed E-state index contributed by atoms with van der Waals surface area (Å²) >= 11 is 0. The van der Waals surface area contributed by atoms with E-state index in [2.05, 4.69) is 10.3 Å². The summed E-state index contributed by atoms with van der Waals surface area (Å²) in [7, 11) is -3.89. The molecule has 1 N–H and O–H groups in total. The second-order valence-corrected chi connectivity index (χ2v) is 10.6. The van der Waals surface area contributed by atoms with E-state index in [-0.39, 0.29) is 11.4 Å². The molecule has 1 amide bonds. The number of fused-ring (bicyclic) bond motifs is 3. The maximum absolute atomic E-state index is 13.5. The van der Waals surface area contributed by atoms with Gasteiger partial charge in [0, 0.05) is 29.2 Å². The van der Waals surface area contributed by atoms with Crippen molar-refractivity contribution in [3.8, 4) is 11.1 Å². The van der Waals surface area contributed by atoms with Crippen LogP contribution in [0.4, 0.5) is 11.4 Å². The number of amides is 1. The average Bonchev–Trinajstić information content (AvgIpc) is 2.83. The lowest BCUT2D eigenvalue weighted by molar-refractivity contribution is -0.114. The normalized spacial score (nSPS) is 13.6. The zero-order valence-corrected chi connectivity index (χ0v) is 20.3. The van der Waals surface area contributed by atoms with Crippen molar-refractivity contribution in [1.29, 1.82) is 0 Å². The van der Waals surface area contributed by atoms with Gasteiger partial charge in [-0.2, -0.15) is 0 Å². The molecule has 5 rings (SSSR count). The van der Waals surface area contributed by atoms with E-state index < -0.39 is 15.9 Å². The summed E-state index contributed by atoms with van der Waals surface area (Å²) in [6.07, 6.45) is 4.29. The number of carbonyl (C=O) groups is 1. The zero-order chi connectivity index (χ0) is 24.6. The molecule has 7 heteroatoms. The van der Waals surface area contributed by atoms with Gasteiger partial charge in [-0.25, -0.2) is 8.42 Å². The number of nitrogens with zero attached hydrogens (tertiary/aromatic N) is 2. The third-order valence-corrected chi connectivity index (χ3v) is 7.95. The lowest BCUT2D eigenvalue weighted by Gasteiger charge is -2.33. The first-order valence-electron chi connectivity index (χ1n) is 11.3. The molecular formula is C28H25N3O3S. The maximum atomic E-state index is 13.5. The Balaban J connectivity index is 1.39. The van der Waals surface area contributed by atoms with Gasteiger partial charge >= 0.3 is 0 Å². The van der Waals surface area contributed by atoms with E-state index in [0.29, 0.717) is 16.9 Å². The molecule has 0 fully saturated rings. The number of anilines is 2. The number of nitrogens with one attached hydrogen (secondary N) is 1. The fourth-order valence-corrected chi connectivity index (χ4v) is 6.21. The molecule has 0 saturated carbocycles. The molecule has 2 heterocycles. The van der Waals surface area contributed by atoms with Gasteiger partial charge in [0.25, 0.3) is 10.0 Å². The standard InChI is InChI=1S/C28H25N3O3S/c1-19-15-20(2)28-24-5-3-4-6-26(24)35(33,34)31(25(28)16-19)18-27(32)30-23-9-7-21(8-10-23)17-22-11-13-29-14-12-22/h3-16H,17-18H2,1-2H3,(H,30,32). The molecule has 0 spiro atoms. The molecule has 0 aliphatic carbocycles. The van der Waals surface area contributed by atoms with Gasteiger partial charge in [0.15, 0.2) is 0 Å². The van der Waals surface area contributed by atoms with Crippen LogP contribution in [0.3, 0.4) is 0 Å². The summed E-state index contributed by atoms with van der Waals surface area (Å²) in [6.45, 7) is 3.57. The minimum atomic E-state index is -3.89. The van der Waals surface area contributed by atoms with Crippen LogP contribution in [0.25, 0.3) is 11.1 Å². The van der Waals surface area contributed by atoms with Crippen LogP contribution in [-0.2, 0) is 21.2 Å². The van der Waals surface area contributed by atoms with Gasteiger partial charge in [0.05, 0.1) is 10.6 Å². The number of hydrogen-bond acceptors (Lipinski definition) is 4. The largest absolute Gasteiger partial charge is 0.325 e. The number of benzene rings is 3. The Morgan fingerprint density at radius 1 is 0.914 bits per heavy atom. The Hall–Kier alpha value is -3.97. The van der Waals surface area contributed by atoms with Crippen molar-refractivity contribution in [2.24, 2.45) is 0 Å². The van der Waals surface area contributed by atoms with Crippen LogP contribution in [0, 0.1) is 13.8 Å². The number of hydrogen-bond donors (Lipinski definition) is 1. The van der Waals surface area contributed by atoms with Crippen molar-refractivity contribution < 1.29 is 13.2 Å². The van der Waals surface area contributed by atoms with Crippen LogP contribution < -0.4 is 9.62 Å². The zero-order valence-electron chi connectivity index (χ0n) is 19.5. The minimum Gasteiger partial charge on any atom is -0.325 e. The second-order valence-electron chi connectivity index (χ2n) is 8.76. The van der Waals surface area contributed by atoms with E-state index in [1.807, 2.05) is 74.5 Å². The maximum Gasteiger partial charge on any atom is 0.265 e. The molecule has 35 heavy (non-hydrogen) atoms. The Labute approximate surface area is 205 Å². The summed E-state index contributed by atoms with van der Waals surface area (Å²) < 4.78 is 28.3. The third-order valence-electron chi connectivity index (χ3n) is 6.13. The highest BCUT2D eigenvalue weighted by Crippen LogP contribution is 2.45. The molecule has 1 aromatic heterocycles. The molecule has 1 aliphatic rings. The smallest absolute Gasteiger partial charge is 0.265 e. The lowest BCUT2D eigenvalue weighted by Crippen LogP contribution is -2.40. The Morgan fingerprint density at radius 2 is 1.60 bits per heavy atom. The minimum absolute atomic E-state index is 0.215. The fraction of sp³-hybridized carbons (Fsp3) is 0.143. The quantitative estimate of drug-likeness (QED) is 0.428. The number of carbonyl (C=O) groups excluding carboxylic acids is 1. The van der Waals surface area contributed by atoms with Gasteiger partial charge in [-0.05, 0) is 78.9 Å². The predicted molar refractivity (Wildman–Crippen MR) is 138 cm³/mol. The van der Waals surface area contributed by atoms with Gasteiger partial charge in [0.1, 0.15) is 6.54 Å². The van der Waals surface area contributed by atoms with Crippen LogP contribution in [0.5, 0.6) is 0 Å². The average molecular weight is 484 g/mol. The number of aromatic nitrogens is 1. The van der Waals surface area contributed by atoms with Crippen molar-refractivity contribution >= 4 is 27.3 Å². The molecule has 4 aromatic rings. The summed E-state index contributed by atoms with van der Waals surface area (Å²) in [5, 5.41) is 2.85. The first-order chi connectivity index (χ1) is 16.8. The molecule has 0 radical (unpaired) electrons. The SMILES string of the molecule is Cc1cc(C)c2c(c1)N(CC(=O)Nc1ccc(Cc3ccncc3)cc1)S(=O)(=O)c1ccccc1-2. The van der Waals surface area contributed by atoms with Crippen LogP contribution in [0.2, 0.25) is 0 Å². The van der Waals surface area contributed by atoms with Gasteiger partial charge in [-0.15, -0.1) is 0 Å². The Kier molecular flexibility index (Phi) is 5.86. The first-order valence-corrected chi connectivity index (χ1v) is 12.8. The number of pyridine rings is 1. The molecule has 176 valence electrons. The highest BCUT2D eigenvalue weighted by Gasteiger charge is 2.36. The molecule has 6 nitrogen and oxygen atoms in total. The molecule has 0 bridgehead atoms. The number of sulfonamides is 1. The van der Waals surface area contributed by atoms with Crippen LogP contribution in [-0.4, -0.2) is 25.9 Å². The van der Waals surface area contributed by atoms with Crippen molar-refractivity contribution in [2.75, 3.05) is 16.2 Å². The summed E-state index contributed by atoms with van der Waals surface area (Å²) in [5.74, 6) is -0.403. The van der Waals surface area contributed by atoms with Gasteiger partial charge in [-0.3, -0.25) is 14.1 Å². The Bertz CT molecular complexity index is 1520. The van der Waals surface area contributed by atoms with Gasteiger partial charge in [-0.1, -0.05) is 36.4 Å². The van der Waals surface area contributed by atoms with Gasteiger partial charge in [0.2, 0.25) is 5.91 Å². The van der Waals surface area contributed by atoms with Crippen molar-refractivity contribution in [2.45, 2.75) is 25.2 Å². The molecular weight excluding hydrogens is 458 g/mol. The molecule has 3 aromatic carbocycles. The molecule has 0 unspecified atom stereocenters. The van der Waals surface area contributed by atoms with Crippen LogP contribution in [0.1, 0.15) is 22.3 Å². The van der Waals surface area contributed by atoms with Crippen molar-refractivity contribution in [3.63, 3.8) is 0 Å². The predicted octanol–water partition coefficient (Wildman–Crippen LogP) is 5.10. The highest BCUT2D eigenvalue weighted by atomic mass is 32.2. The van der Waals surface area contributed by atoms with Crippen LogP contribution in [0.15, 0.2) is 90.1 Å². The monoisotopic (exact) mass is 483 g/mol. The third kappa shape index (κ3) is 4.42. The summed E-state index contributed by atoms with van der Waals surface area (Å²) in [5.41, 5.74) is 6.81. The second kappa shape index (κ2) is 9.00. The molecule has 1 aliphatic heterocycles. The van der Waals surface area contributed by atoms with E-state index in [0.717, 1.165) is 34.2 Å². The van der Waals surface area contributed by atoms with Crippen LogP contribution >= 0.6 is 0 Å². The van der Waals surface area contributed by atoms with E-state index >= 15 is 0 Å². The lowest BCUT2D eigenvalue weighted by atomic mass is 9.96. The van der Waals surface area contributed by atoms with Gasteiger partial charge < -0.3 is 5.32 Å². The first kappa shape index (κ1) is 22.8. The summed E-state index contributed by atoms with van der Waals surface area (Å²) in [6, 6.07) is 22.3. The Morgan fingerprint density at radius 3 is 2.34 bits per heavy atom. The number of rotatable bonds is 5. The van der Waals surface area contributed by atoms with E-state index in [4.69, 9.17) is 0 Å². The van der Waals surface area contributed by atoms with E-state index in [9.17, 15) is 13.2 Å². The highest BCUT2D eigenvalue weighted by molar-refractivity contribution is 7.93. The van der Waals surface area contributed by atoms with Crippen molar-refractivity contribution in [3.05, 3.63) is 107 Å². The topological polar surface area (TPSA) is 79.4 Å². The molecule has 0 saturated heterocycles. The fourth-order valence-electron chi connectivity index (χ4n) is 4.58. The summed E-state index contributed by atoms with van der Waals surface area (Å²) in [4.78, 5) is 17.3.